The van der Waals surface area contributed by atoms with Gasteiger partial charge in [0.15, 0.2) is 0 Å². The average molecular weight is 546 g/mol. The summed E-state index contributed by atoms with van der Waals surface area (Å²) in [5.41, 5.74) is -1.91. The van der Waals surface area contributed by atoms with Gasteiger partial charge < -0.3 is 14.9 Å². The van der Waals surface area contributed by atoms with Crippen molar-refractivity contribution in [2.24, 2.45) is 5.92 Å². The highest BCUT2D eigenvalue weighted by Crippen LogP contribution is 2.44. The van der Waals surface area contributed by atoms with Gasteiger partial charge in [0.1, 0.15) is 11.4 Å². The molecule has 1 saturated heterocycles. The predicted molar refractivity (Wildman–Crippen MR) is 126 cm³/mol. The van der Waals surface area contributed by atoms with Crippen LogP contribution in [0.25, 0.3) is 0 Å². The van der Waals surface area contributed by atoms with E-state index in [0.29, 0.717) is 68.3 Å². The number of likely N-dealkylation sites (tertiary alicyclic amines) is 1. The highest BCUT2D eigenvalue weighted by molar-refractivity contribution is 5.70. The van der Waals surface area contributed by atoms with Crippen LogP contribution in [0, 0.1) is 5.92 Å². The number of aliphatic hydroxyl groups is 1. The molecule has 5 nitrogen and oxygen atoms in total. The summed E-state index contributed by atoms with van der Waals surface area (Å²) in [5, 5.41) is 19.6. The predicted octanol–water partition coefficient (Wildman–Crippen LogP) is 6.40. The first kappa shape index (κ1) is 28.2. The van der Waals surface area contributed by atoms with E-state index >= 15 is 0 Å². The Labute approximate surface area is 216 Å². The van der Waals surface area contributed by atoms with Crippen LogP contribution in [0.1, 0.15) is 73.1 Å². The number of rotatable bonds is 5. The highest BCUT2D eigenvalue weighted by atomic mass is 19.4. The van der Waals surface area contributed by atoms with E-state index in [2.05, 4.69) is 0 Å². The second-order valence-corrected chi connectivity index (χ2v) is 10.2. The summed E-state index contributed by atoms with van der Waals surface area (Å²) in [6.07, 6.45) is -8.54. The molecule has 0 aromatic heterocycles. The van der Waals surface area contributed by atoms with Crippen molar-refractivity contribution in [3.8, 4) is 5.75 Å². The first-order valence-corrected chi connectivity index (χ1v) is 12.4. The molecule has 2 aromatic carbocycles. The van der Waals surface area contributed by atoms with Crippen LogP contribution in [0.3, 0.4) is 0 Å². The van der Waals surface area contributed by atoms with Crippen LogP contribution >= 0.6 is 0 Å². The van der Waals surface area contributed by atoms with Crippen molar-refractivity contribution in [2.75, 3.05) is 13.1 Å². The minimum Gasteiger partial charge on any atom is -0.487 e. The Morgan fingerprint density at radius 2 is 1.63 bits per heavy atom. The second kappa shape index (κ2) is 10.1. The molecule has 3 atom stereocenters. The Hall–Kier alpha value is -2.79. The number of benzene rings is 2. The summed E-state index contributed by atoms with van der Waals surface area (Å²) >= 11 is 0. The third-order valence-electron chi connectivity index (χ3n) is 7.86. The standard InChI is InChI=1S/C27H29F6NO4/c1-15(24(36)37)23(35)18-4-3-17-7-8-25(38-22(17)13-18)9-11-34(12-10-25)16(2)20-14-19(26(28,29)30)5-6-21(20)27(31,32)33/h3-6,13-16,23,35H,7-12H2,1-2H3,(H,36,37)/t15-,16+,23+/m0/s1. The van der Waals surface area contributed by atoms with Gasteiger partial charge in [-0.1, -0.05) is 12.1 Å². The molecule has 0 radical (unpaired) electrons. The first-order chi connectivity index (χ1) is 17.6. The van der Waals surface area contributed by atoms with Crippen molar-refractivity contribution in [3.05, 3.63) is 64.2 Å². The molecule has 11 heteroatoms. The number of aliphatic hydroxyl groups excluding tert-OH is 1. The lowest BCUT2D eigenvalue weighted by molar-refractivity contribution is -0.145. The van der Waals surface area contributed by atoms with Crippen LogP contribution in [-0.2, 0) is 23.6 Å². The minimum atomic E-state index is -4.79. The van der Waals surface area contributed by atoms with E-state index in [1.165, 1.54) is 13.8 Å². The molecule has 0 bridgehead atoms. The minimum absolute atomic E-state index is 0.322. The van der Waals surface area contributed by atoms with Gasteiger partial charge >= 0.3 is 18.3 Å². The van der Waals surface area contributed by atoms with Crippen molar-refractivity contribution >= 4 is 5.97 Å². The molecular weight excluding hydrogens is 516 g/mol. The van der Waals surface area contributed by atoms with E-state index in [-0.39, 0.29) is 0 Å². The summed E-state index contributed by atoms with van der Waals surface area (Å²) < 4.78 is 87.1. The van der Waals surface area contributed by atoms with Gasteiger partial charge in [0.05, 0.1) is 23.1 Å². The van der Waals surface area contributed by atoms with Gasteiger partial charge in [0.25, 0.3) is 0 Å². The summed E-state index contributed by atoms with van der Waals surface area (Å²) in [4.78, 5) is 13.0. The largest absolute Gasteiger partial charge is 0.487 e. The van der Waals surface area contributed by atoms with Crippen LogP contribution in [0.4, 0.5) is 26.3 Å². The number of alkyl halides is 6. The quantitative estimate of drug-likeness (QED) is 0.426. The molecule has 2 heterocycles. The normalized spacial score (nSPS) is 20.3. The maximum absolute atomic E-state index is 13.6. The molecule has 0 saturated carbocycles. The molecule has 208 valence electrons. The van der Waals surface area contributed by atoms with Crippen molar-refractivity contribution in [2.45, 2.75) is 69.6 Å². The Kier molecular flexibility index (Phi) is 7.48. The molecule has 0 unspecified atom stereocenters. The number of halogens is 6. The van der Waals surface area contributed by atoms with Crippen molar-refractivity contribution in [1.29, 1.82) is 0 Å². The summed E-state index contributed by atoms with van der Waals surface area (Å²) in [6.45, 7) is 3.53. The Morgan fingerprint density at radius 3 is 2.21 bits per heavy atom. The number of carboxylic acids is 1. The zero-order valence-corrected chi connectivity index (χ0v) is 20.9. The number of nitrogens with zero attached hydrogens (tertiary/aromatic N) is 1. The van der Waals surface area contributed by atoms with Gasteiger partial charge in [-0.15, -0.1) is 0 Å². The fraction of sp³-hybridized carbons (Fsp3) is 0.519. The van der Waals surface area contributed by atoms with Crippen molar-refractivity contribution in [1.82, 2.24) is 4.90 Å². The number of carboxylic acid groups (broad SMARTS) is 1. The summed E-state index contributed by atoms with van der Waals surface area (Å²) in [6, 6.07) is 5.74. The van der Waals surface area contributed by atoms with Gasteiger partial charge in [0, 0.05) is 19.1 Å². The Morgan fingerprint density at radius 1 is 0.974 bits per heavy atom. The molecule has 38 heavy (non-hydrogen) atoms. The first-order valence-electron chi connectivity index (χ1n) is 12.4. The van der Waals surface area contributed by atoms with E-state index in [1.54, 1.807) is 23.1 Å². The molecule has 0 aliphatic carbocycles. The smallest absolute Gasteiger partial charge is 0.416 e. The van der Waals surface area contributed by atoms with Gasteiger partial charge in [-0.05, 0) is 80.5 Å². The van der Waals surface area contributed by atoms with E-state index in [1.807, 2.05) is 0 Å². The molecule has 1 spiro atoms. The number of hydrogen-bond acceptors (Lipinski definition) is 4. The van der Waals surface area contributed by atoms with E-state index in [0.717, 1.165) is 5.56 Å². The van der Waals surface area contributed by atoms with Crippen molar-refractivity contribution < 1.29 is 46.1 Å². The fourth-order valence-electron chi connectivity index (χ4n) is 5.34. The molecule has 2 N–H and O–H groups in total. The third-order valence-corrected chi connectivity index (χ3v) is 7.86. The molecule has 1 fully saturated rings. The number of aryl methyl sites for hydroxylation is 1. The lowest BCUT2D eigenvalue weighted by Crippen LogP contribution is -2.50. The van der Waals surface area contributed by atoms with Crippen LogP contribution in [0.15, 0.2) is 36.4 Å². The van der Waals surface area contributed by atoms with Gasteiger partial charge in [-0.25, -0.2) is 0 Å². The Balaban J connectivity index is 1.52. The molecule has 2 aromatic rings. The molecule has 2 aliphatic heterocycles. The van der Waals surface area contributed by atoms with E-state index < -0.39 is 58.7 Å². The molecule has 2 aliphatic rings. The zero-order valence-electron chi connectivity index (χ0n) is 20.9. The van der Waals surface area contributed by atoms with Gasteiger partial charge in [-0.2, -0.15) is 26.3 Å². The average Bonchev–Trinajstić information content (AvgIpc) is 2.86. The van der Waals surface area contributed by atoms with Crippen LogP contribution in [-0.4, -0.2) is 39.8 Å². The van der Waals surface area contributed by atoms with Crippen LogP contribution < -0.4 is 4.74 Å². The SMILES string of the molecule is C[C@H](C(=O)O)[C@@H](O)c1ccc2c(c1)OC1(CC2)CCN([C@H](C)c2cc(C(F)(F)F)ccc2C(F)(F)F)CC1. The monoisotopic (exact) mass is 545 g/mol. The summed E-state index contributed by atoms with van der Waals surface area (Å²) in [5.74, 6) is -1.62. The number of ether oxygens (including phenoxy) is 1. The molecule has 4 rings (SSSR count). The summed E-state index contributed by atoms with van der Waals surface area (Å²) in [7, 11) is 0. The van der Waals surface area contributed by atoms with Gasteiger partial charge in [-0.3, -0.25) is 9.69 Å². The molecule has 0 amide bonds. The lowest BCUT2D eigenvalue weighted by Gasteiger charge is -2.46. The van der Waals surface area contributed by atoms with Gasteiger partial charge in [0.2, 0.25) is 0 Å². The number of fused-ring (bicyclic) bond motifs is 1. The number of carbonyl (C=O) groups is 1. The topological polar surface area (TPSA) is 70.0 Å². The second-order valence-electron chi connectivity index (χ2n) is 10.2. The lowest BCUT2D eigenvalue weighted by atomic mass is 9.82. The van der Waals surface area contributed by atoms with Crippen LogP contribution in [0.5, 0.6) is 5.75 Å². The zero-order chi connectivity index (χ0) is 28.0. The van der Waals surface area contributed by atoms with Crippen molar-refractivity contribution in [3.63, 3.8) is 0 Å². The van der Waals surface area contributed by atoms with Crippen LogP contribution in [0.2, 0.25) is 0 Å². The highest BCUT2D eigenvalue weighted by Gasteiger charge is 2.43. The number of piperidine rings is 1. The maximum Gasteiger partial charge on any atom is 0.416 e. The third kappa shape index (κ3) is 5.63. The van der Waals surface area contributed by atoms with E-state index in [4.69, 9.17) is 4.74 Å². The maximum atomic E-state index is 13.6. The number of hydrogen-bond donors (Lipinski definition) is 2. The number of aliphatic carboxylic acids is 1. The molecular formula is C27H29F6NO4. The fourth-order valence-corrected chi connectivity index (χ4v) is 5.34. The van der Waals surface area contributed by atoms with E-state index in [9.17, 15) is 41.4 Å². The Bertz CT molecular complexity index is 1190.